The molecule has 1 aliphatic carbocycles. The number of amides is 2. The molecule has 0 unspecified atom stereocenters. The third-order valence-electron chi connectivity index (χ3n) is 8.22. The van der Waals surface area contributed by atoms with Crippen molar-refractivity contribution in [3.05, 3.63) is 30.0 Å². The maximum Gasteiger partial charge on any atom is 0.251 e. The second kappa shape index (κ2) is 11.5. The number of nitrogens with zero attached hydrogens (tertiary/aromatic N) is 5. The van der Waals surface area contributed by atoms with E-state index >= 15 is 0 Å². The number of hydrogen-bond acceptors (Lipinski definition) is 8. The first-order chi connectivity index (χ1) is 19.1. The normalized spacial score (nSPS) is 20.6. The Morgan fingerprint density at radius 2 is 1.82 bits per heavy atom. The van der Waals surface area contributed by atoms with Crippen LogP contribution in [0.2, 0.25) is 0 Å². The molecule has 3 heterocycles. The van der Waals surface area contributed by atoms with Crippen LogP contribution in [0, 0.1) is 0 Å². The quantitative estimate of drug-likeness (QED) is 0.553. The molecule has 1 aromatic heterocycles. The number of nitrogens with one attached hydrogen (secondary N) is 2. The first-order valence-electron chi connectivity index (χ1n) is 13.9. The predicted octanol–water partition coefficient (Wildman–Crippen LogP) is 3.80. The molecule has 0 spiro atoms. The van der Waals surface area contributed by atoms with E-state index in [1.165, 1.54) is 12.0 Å². The van der Waals surface area contributed by atoms with Crippen LogP contribution in [-0.2, 0) is 4.79 Å². The standard InChI is InChI=1S/C28H37F2N7O3/c1-35-13-8-19(9-14-35)32-26(39)18-4-5-21(23(16-18)40-3)33-27-31-17-22-25(34-27)37(15-10-24(38)36(22)2)20-6-11-28(29,30)12-7-20/h4-5,16-17,19-20H,6-15H2,1-3H3,(H,32,39)(H,31,33,34). The monoisotopic (exact) mass is 557 g/mol. The summed E-state index contributed by atoms with van der Waals surface area (Å²) in [7, 11) is 5.28. The van der Waals surface area contributed by atoms with E-state index in [1.54, 1.807) is 31.4 Å². The van der Waals surface area contributed by atoms with Gasteiger partial charge in [-0.1, -0.05) is 0 Å². The van der Waals surface area contributed by atoms with Gasteiger partial charge in [0.2, 0.25) is 17.8 Å². The zero-order chi connectivity index (χ0) is 28.4. The molecule has 2 N–H and O–H groups in total. The van der Waals surface area contributed by atoms with E-state index in [2.05, 4.69) is 27.6 Å². The number of methoxy groups -OCH3 is 1. The van der Waals surface area contributed by atoms with Gasteiger partial charge in [-0.05, 0) is 64.0 Å². The summed E-state index contributed by atoms with van der Waals surface area (Å²) < 4.78 is 33.3. The molecular formula is C28H37F2N7O3. The molecule has 1 saturated heterocycles. The lowest BCUT2D eigenvalue weighted by Crippen LogP contribution is -2.43. The van der Waals surface area contributed by atoms with Crippen LogP contribution in [0.3, 0.4) is 0 Å². The molecule has 2 aromatic rings. The number of piperidine rings is 1. The van der Waals surface area contributed by atoms with E-state index in [0.29, 0.717) is 47.9 Å². The Morgan fingerprint density at radius 1 is 1.10 bits per heavy atom. The Bertz CT molecular complexity index is 1240. The highest BCUT2D eigenvalue weighted by atomic mass is 19.3. The fourth-order valence-electron chi connectivity index (χ4n) is 5.67. The van der Waals surface area contributed by atoms with Gasteiger partial charge >= 0.3 is 0 Å². The lowest BCUT2D eigenvalue weighted by Gasteiger charge is -2.37. The maximum atomic E-state index is 13.9. The van der Waals surface area contributed by atoms with Crippen molar-refractivity contribution < 1.29 is 23.1 Å². The number of fused-ring (bicyclic) bond motifs is 1. The summed E-state index contributed by atoms with van der Waals surface area (Å²) in [6, 6.07) is 5.14. The molecule has 0 bridgehead atoms. The predicted molar refractivity (Wildman–Crippen MR) is 149 cm³/mol. The number of alkyl halides is 2. The number of ether oxygens (including phenoxy) is 1. The van der Waals surface area contributed by atoms with Crippen LogP contribution in [0.1, 0.15) is 55.3 Å². The summed E-state index contributed by atoms with van der Waals surface area (Å²) in [5, 5.41) is 6.29. The number of aromatic nitrogens is 2. The molecule has 0 radical (unpaired) electrons. The lowest BCUT2D eigenvalue weighted by molar-refractivity contribution is -0.118. The highest BCUT2D eigenvalue weighted by molar-refractivity contribution is 5.97. The van der Waals surface area contributed by atoms with E-state index in [9.17, 15) is 18.4 Å². The number of likely N-dealkylation sites (tertiary alicyclic amines) is 1. The van der Waals surface area contributed by atoms with E-state index < -0.39 is 5.92 Å². The summed E-state index contributed by atoms with van der Waals surface area (Å²) in [6.45, 7) is 2.30. The van der Waals surface area contributed by atoms with Gasteiger partial charge in [0, 0.05) is 50.5 Å². The average molecular weight is 558 g/mol. The number of carbonyl (C=O) groups excluding carboxylic acids is 2. The van der Waals surface area contributed by atoms with Crippen LogP contribution in [0.25, 0.3) is 0 Å². The lowest BCUT2D eigenvalue weighted by atomic mass is 9.91. The summed E-state index contributed by atoms with van der Waals surface area (Å²) in [5.41, 5.74) is 1.60. The van der Waals surface area contributed by atoms with Crippen molar-refractivity contribution in [1.29, 1.82) is 0 Å². The molecule has 1 saturated carbocycles. The van der Waals surface area contributed by atoms with Gasteiger partial charge in [-0.15, -0.1) is 0 Å². The minimum absolute atomic E-state index is 0.0787. The second-order valence-corrected chi connectivity index (χ2v) is 11.0. The number of anilines is 4. The van der Waals surface area contributed by atoms with Crippen molar-refractivity contribution >= 4 is 35.0 Å². The largest absolute Gasteiger partial charge is 0.495 e. The summed E-state index contributed by atoms with van der Waals surface area (Å²) in [5.74, 6) is -1.62. The number of rotatable bonds is 6. The van der Waals surface area contributed by atoms with Crippen LogP contribution in [0.4, 0.5) is 31.9 Å². The van der Waals surface area contributed by atoms with Gasteiger partial charge in [0.1, 0.15) is 11.4 Å². The zero-order valence-corrected chi connectivity index (χ0v) is 23.3. The Balaban J connectivity index is 1.36. The Kier molecular flexibility index (Phi) is 8.07. The van der Waals surface area contributed by atoms with Crippen molar-refractivity contribution in [2.75, 3.05) is 56.0 Å². The maximum absolute atomic E-state index is 13.9. The SMILES string of the molecule is COc1cc(C(=O)NC2CCN(C)CC2)ccc1Nc1ncc2c(n1)N(C1CCC(F)(F)CC1)CCC(=O)N2C. The topological polar surface area (TPSA) is 103 Å². The van der Waals surface area contributed by atoms with Crippen molar-refractivity contribution in [1.82, 2.24) is 20.2 Å². The molecule has 5 rings (SSSR count). The summed E-state index contributed by atoms with van der Waals surface area (Å²) in [6.07, 6.45) is 3.95. The number of hydrogen-bond donors (Lipinski definition) is 2. The van der Waals surface area contributed by atoms with Gasteiger partial charge in [0.05, 0.1) is 19.0 Å². The van der Waals surface area contributed by atoms with Gasteiger partial charge < -0.3 is 30.1 Å². The number of benzene rings is 1. The average Bonchev–Trinajstić information content (AvgIpc) is 3.06. The van der Waals surface area contributed by atoms with Crippen LogP contribution >= 0.6 is 0 Å². The van der Waals surface area contributed by atoms with E-state index in [-0.39, 0.29) is 49.1 Å². The molecule has 216 valence electrons. The summed E-state index contributed by atoms with van der Waals surface area (Å²) in [4.78, 5) is 40.5. The summed E-state index contributed by atoms with van der Waals surface area (Å²) >= 11 is 0. The van der Waals surface area contributed by atoms with Crippen LogP contribution in [-0.4, -0.2) is 85.5 Å². The number of carbonyl (C=O) groups is 2. The molecular weight excluding hydrogens is 520 g/mol. The Hall–Kier alpha value is -3.54. The van der Waals surface area contributed by atoms with Crippen molar-refractivity contribution in [3.8, 4) is 5.75 Å². The Morgan fingerprint density at radius 3 is 2.52 bits per heavy atom. The molecule has 12 heteroatoms. The molecule has 1 aromatic carbocycles. The van der Waals surface area contributed by atoms with Gasteiger partial charge in [-0.2, -0.15) is 4.98 Å². The fourth-order valence-corrected chi connectivity index (χ4v) is 5.67. The van der Waals surface area contributed by atoms with Crippen LogP contribution < -0.4 is 25.2 Å². The molecule has 40 heavy (non-hydrogen) atoms. The first-order valence-corrected chi connectivity index (χ1v) is 13.9. The van der Waals surface area contributed by atoms with E-state index in [4.69, 9.17) is 9.72 Å². The van der Waals surface area contributed by atoms with Crippen molar-refractivity contribution in [2.45, 2.75) is 63.0 Å². The molecule has 10 nitrogen and oxygen atoms in total. The highest BCUT2D eigenvalue weighted by Crippen LogP contribution is 2.40. The van der Waals surface area contributed by atoms with Gasteiger partial charge in [0.25, 0.3) is 5.91 Å². The molecule has 0 atom stereocenters. The van der Waals surface area contributed by atoms with E-state index in [1.807, 2.05) is 4.90 Å². The zero-order valence-electron chi connectivity index (χ0n) is 23.3. The van der Waals surface area contributed by atoms with Crippen LogP contribution in [0.15, 0.2) is 24.4 Å². The Labute approximate surface area is 233 Å². The van der Waals surface area contributed by atoms with Crippen molar-refractivity contribution in [3.63, 3.8) is 0 Å². The van der Waals surface area contributed by atoms with Gasteiger partial charge in [-0.25, -0.2) is 13.8 Å². The van der Waals surface area contributed by atoms with E-state index in [0.717, 1.165) is 25.9 Å². The minimum atomic E-state index is -2.65. The highest BCUT2D eigenvalue weighted by Gasteiger charge is 2.39. The fraction of sp³-hybridized carbons (Fsp3) is 0.571. The molecule has 2 fully saturated rings. The first kappa shape index (κ1) is 28.0. The van der Waals surface area contributed by atoms with Crippen molar-refractivity contribution in [2.24, 2.45) is 0 Å². The minimum Gasteiger partial charge on any atom is -0.495 e. The van der Waals surface area contributed by atoms with Crippen LogP contribution in [0.5, 0.6) is 5.75 Å². The third-order valence-corrected chi connectivity index (χ3v) is 8.22. The third kappa shape index (κ3) is 6.11. The molecule has 2 amide bonds. The van der Waals surface area contributed by atoms with Gasteiger partial charge in [-0.3, -0.25) is 9.59 Å². The number of halogens is 2. The molecule has 2 aliphatic heterocycles. The molecule has 3 aliphatic rings. The second-order valence-electron chi connectivity index (χ2n) is 11.0. The smallest absolute Gasteiger partial charge is 0.251 e. The van der Waals surface area contributed by atoms with Gasteiger partial charge in [0.15, 0.2) is 5.82 Å².